The number of esters is 1. The van der Waals surface area contributed by atoms with Crippen LogP contribution in [0.1, 0.15) is 27.6 Å². The molecule has 11 nitrogen and oxygen atoms in total. The maximum atomic E-state index is 13.4. The predicted octanol–water partition coefficient (Wildman–Crippen LogP) is 3.75. The monoisotopic (exact) mass is 528 g/mol. The second-order valence-electron chi connectivity index (χ2n) is 8.32. The third-order valence-corrected chi connectivity index (χ3v) is 6.16. The second-order valence-corrected chi connectivity index (χ2v) is 8.32. The number of hydrogen-bond acceptors (Lipinski definition) is 11. The number of aromatic hydroxyl groups is 3. The highest BCUT2D eigenvalue weighted by molar-refractivity contribution is 5.91. The molecule has 1 aliphatic heterocycles. The first-order valence-electron chi connectivity index (χ1n) is 11.4. The fourth-order valence-corrected chi connectivity index (χ4v) is 4.32. The van der Waals surface area contributed by atoms with E-state index in [2.05, 4.69) is 0 Å². The van der Waals surface area contributed by atoms with Crippen molar-refractivity contribution in [2.45, 2.75) is 18.6 Å². The van der Waals surface area contributed by atoms with Crippen molar-refractivity contribution in [2.24, 2.45) is 0 Å². The Balaban J connectivity index is 1.77. The first-order valence-corrected chi connectivity index (χ1v) is 11.4. The highest BCUT2D eigenvalue weighted by Crippen LogP contribution is 2.46. The summed E-state index contributed by atoms with van der Waals surface area (Å²) in [4.78, 5) is 13.4. The minimum atomic E-state index is -0.955. The van der Waals surface area contributed by atoms with Gasteiger partial charge < -0.3 is 48.5 Å². The molecule has 38 heavy (non-hydrogen) atoms. The molecule has 0 aromatic heterocycles. The van der Waals surface area contributed by atoms with Crippen molar-refractivity contribution in [2.75, 3.05) is 35.5 Å². The lowest BCUT2D eigenvalue weighted by Gasteiger charge is -2.34. The Bertz CT molecular complexity index is 1300. The molecule has 1 aliphatic rings. The molecule has 1 heterocycles. The molecular formula is C27H28O11. The number of fused-ring (bicyclic) bond motifs is 1. The van der Waals surface area contributed by atoms with Crippen LogP contribution in [0, 0.1) is 0 Å². The highest BCUT2D eigenvalue weighted by atomic mass is 16.6. The lowest BCUT2D eigenvalue weighted by Crippen LogP contribution is -2.35. The van der Waals surface area contributed by atoms with Crippen LogP contribution in [0.4, 0.5) is 0 Å². The zero-order valence-corrected chi connectivity index (χ0v) is 21.4. The number of benzene rings is 3. The Hall–Kier alpha value is -4.67. The molecule has 3 aromatic carbocycles. The molecule has 202 valence electrons. The van der Waals surface area contributed by atoms with Crippen LogP contribution in [0.15, 0.2) is 36.4 Å². The summed E-state index contributed by atoms with van der Waals surface area (Å²) in [5.74, 6) is -0.0702. The Labute approximate surface area is 218 Å². The van der Waals surface area contributed by atoms with E-state index in [-0.39, 0.29) is 58.0 Å². The van der Waals surface area contributed by atoms with Crippen molar-refractivity contribution in [3.63, 3.8) is 0 Å². The normalized spacial score (nSPS) is 16.0. The van der Waals surface area contributed by atoms with Crippen molar-refractivity contribution in [3.05, 3.63) is 53.1 Å². The Morgan fingerprint density at radius 3 is 1.89 bits per heavy atom. The van der Waals surface area contributed by atoms with Gasteiger partial charge in [0.2, 0.25) is 11.5 Å². The minimum Gasteiger partial charge on any atom is -0.508 e. The van der Waals surface area contributed by atoms with Crippen LogP contribution in [-0.2, 0) is 11.2 Å². The molecule has 0 spiro atoms. The van der Waals surface area contributed by atoms with Gasteiger partial charge in [0.25, 0.3) is 0 Å². The van der Waals surface area contributed by atoms with Crippen LogP contribution < -0.4 is 28.4 Å². The lowest BCUT2D eigenvalue weighted by atomic mass is 9.93. The van der Waals surface area contributed by atoms with Crippen molar-refractivity contribution >= 4 is 5.97 Å². The molecule has 0 radical (unpaired) electrons. The Morgan fingerprint density at radius 1 is 0.789 bits per heavy atom. The molecule has 0 amide bonds. The summed E-state index contributed by atoms with van der Waals surface area (Å²) < 4.78 is 38.6. The number of phenolic OH excluding ortho intramolecular Hbond substituents is 3. The molecule has 11 heteroatoms. The lowest BCUT2D eigenvalue weighted by molar-refractivity contribution is -0.0189. The molecule has 0 fully saturated rings. The van der Waals surface area contributed by atoms with Gasteiger partial charge in [-0.05, 0) is 24.3 Å². The molecule has 0 unspecified atom stereocenters. The average Bonchev–Trinajstić information content (AvgIpc) is 2.92. The van der Waals surface area contributed by atoms with E-state index >= 15 is 0 Å². The molecular weight excluding hydrogens is 500 g/mol. The van der Waals surface area contributed by atoms with Gasteiger partial charge in [0, 0.05) is 29.7 Å². The van der Waals surface area contributed by atoms with E-state index in [4.69, 9.17) is 33.2 Å². The van der Waals surface area contributed by atoms with Gasteiger partial charge in [-0.2, -0.15) is 0 Å². The van der Waals surface area contributed by atoms with Gasteiger partial charge in [-0.25, -0.2) is 4.79 Å². The Morgan fingerprint density at radius 2 is 1.37 bits per heavy atom. The molecule has 0 saturated heterocycles. The standard InChI is InChI=1S/C27H28O11/c1-32-19-6-13(7-20(33-2)24(19)30)25-23(12-16-17(29)10-15(28)11-18(16)37-25)38-27(31)14-8-21(34-3)26(36-5)22(9-14)35-4/h6-11,23,25,28-30H,12H2,1-5H3/t23-,25-/m1/s1. The summed E-state index contributed by atoms with van der Waals surface area (Å²) in [6.45, 7) is 0. The molecule has 3 aromatic rings. The SMILES string of the molecule is COc1cc([C@H]2Oc3cc(O)cc(O)c3C[C@H]2OC(=O)c2cc(OC)c(OC)c(OC)c2)cc(OC)c1O. The van der Waals surface area contributed by atoms with E-state index in [1.54, 1.807) is 0 Å². The number of carbonyl (C=O) groups excluding carboxylic acids is 1. The van der Waals surface area contributed by atoms with Gasteiger partial charge in [0.1, 0.15) is 23.4 Å². The predicted molar refractivity (Wildman–Crippen MR) is 133 cm³/mol. The largest absolute Gasteiger partial charge is 0.508 e. The van der Waals surface area contributed by atoms with Crippen molar-refractivity contribution in [1.82, 2.24) is 0 Å². The van der Waals surface area contributed by atoms with Crippen molar-refractivity contribution in [3.8, 4) is 51.7 Å². The summed E-state index contributed by atoms with van der Waals surface area (Å²) in [5, 5.41) is 30.8. The third-order valence-electron chi connectivity index (χ3n) is 6.16. The number of carbonyl (C=O) groups is 1. The maximum Gasteiger partial charge on any atom is 0.338 e. The molecule has 0 aliphatic carbocycles. The Kier molecular flexibility index (Phi) is 7.47. The van der Waals surface area contributed by atoms with Gasteiger partial charge >= 0.3 is 5.97 Å². The van der Waals surface area contributed by atoms with Crippen LogP contribution in [-0.4, -0.2) is 62.9 Å². The molecule has 4 rings (SSSR count). The first kappa shape index (κ1) is 26.4. The maximum absolute atomic E-state index is 13.4. The fraction of sp³-hybridized carbons (Fsp3) is 0.296. The summed E-state index contributed by atoms with van der Waals surface area (Å²) in [7, 11) is 7.07. The number of ether oxygens (including phenoxy) is 7. The molecule has 0 bridgehead atoms. The summed E-state index contributed by atoms with van der Waals surface area (Å²) in [5.41, 5.74) is 0.923. The van der Waals surface area contributed by atoms with Gasteiger partial charge in [0.05, 0.1) is 41.1 Å². The second kappa shape index (κ2) is 10.8. The smallest absolute Gasteiger partial charge is 0.338 e. The zero-order chi connectivity index (χ0) is 27.6. The van der Waals surface area contributed by atoms with Crippen LogP contribution >= 0.6 is 0 Å². The van der Waals surface area contributed by atoms with Crippen molar-refractivity contribution in [1.29, 1.82) is 0 Å². The number of methoxy groups -OCH3 is 5. The van der Waals surface area contributed by atoms with E-state index < -0.39 is 18.2 Å². The van der Waals surface area contributed by atoms with Crippen LogP contribution in [0.2, 0.25) is 0 Å². The first-order chi connectivity index (χ1) is 18.2. The van der Waals surface area contributed by atoms with E-state index in [9.17, 15) is 20.1 Å². The van der Waals surface area contributed by atoms with Gasteiger partial charge in [-0.3, -0.25) is 0 Å². The zero-order valence-electron chi connectivity index (χ0n) is 21.4. The van der Waals surface area contributed by atoms with E-state index in [0.717, 1.165) is 0 Å². The average molecular weight is 529 g/mol. The third kappa shape index (κ3) is 4.82. The van der Waals surface area contributed by atoms with Gasteiger partial charge in [-0.15, -0.1) is 0 Å². The number of hydrogen-bond donors (Lipinski definition) is 3. The van der Waals surface area contributed by atoms with E-state index in [1.165, 1.54) is 71.9 Å². The van der Waals surface area contributed by atoms with Crippen molar-refractivity contribution < 1.29 is 53.3 Å². The number of phenols is 3. The van der Waals surface area contributed by atoms with E-state index in [1.807, 2.05) is 0 Å². The summed E-state index contributed by atoms with van der Waals surface area (Å²) in [6, 6.07) is 8.49. The molecule has 0 saturated carbocycles. The van der Waals surface area contributed by atoms with Crippen LogP contribution in [0.5, 0.6) is 51.7 Å². The highest BCUT2D eigenvalue weighted by Gasteiger charge is 2.37. The van der Waals surface area contributed by atoms with Crippen LogP contribution in [0.3, 0.4) is 0 Å². The molecule has 2 atom stereocenters. The fourth-order valence-electron chi connectivity index (χ4n) is 4.32. The van der Waals surface area contributed by atoms with Gasteiger partial charge in [0.15, 0.2) is 29.1 Å². The minimum absolute atomic E-state index is 0.0494. The molecule has 3 N–H and O–H groups in total. The number of rotatable bonds is 8. The summed E-state index contributed by atoms with van der Waals surface area (Å²) in [6.07, 6.45) is -1.84. The van der Waals surface area contributed by atoms with E-state index in [0.29, 0.717) is 16.9 Å². The van der Waals surface area contributed by atoms with Gasteiger partial charge in [-0.1, -0.05) is 0 Å². The summed E-state index contributed by atoms with van der Waals surface area (Å²) >= 11 is 0. The topological polar surface area (TPSA) is 142 Å². The van der Waals surface area contributed by atoms with Crippen LogP contribution in [0.25, 0.3) is 0 Å². The quantitative estimate of drug-likeness (QED) is 0.368.